The van der Waals surface area contributed by atoms with E-state index >= 15 is 0 Å². The van der Waals surface area contributed by atoms with E-state index in [9.17, 15) is 14.3 Å². The number of carbonyl (C=O) groups is 1. The van der Waals surface area contributed by atoms with Gasteiger partial charge in [0.2, 0.25) is 0 Å². The highest BCUT2D eigenvalue weighted by Crippen LogP contribution is 2.33. The van der Waals surface area contributed by atoms with Crippen molar-refractivity contribution in [1.82, 2.24) is 0 Å². The van der Waals surface area contributed by atoms with Crippen LogP contribution in [0.5, 0.6) is 0 Å². The quantitative estimate of drug-likeness (QED) is 0.680. The van der Waals surface area contributed by atoms with Gasteiger partial charge in [-0.3, -0.25) is 4.79 Å². The zero-order valence-corrected chi connectivity index (χ0v) is 9.74. The highest BCUT2D eigenvalue weighted by Gasteiger charge is 2.36. The summed E-state index contributed by atoms with van der Waals surface area (Å²) in [7, 11) is 0. The SMILES string of the molecule is CC(CCCN)(C(=O)O)c1cc(F)ccc1N. The highest BCUT2D eigenvalue weighted by atomic mass is 19.1. The average molecular weight is 240 g/mol. The van der Waals surface area contributed by atoms with Crippen LogP contribution in [0.3, 0.4) is 0 Å². The van der Waals surface area contributed by atoms with Crippen LogP contribution in [-0.2, 0) is 10.2 Å². The Morgan fingerprint density at radius 3 is 2.71 bits per heavy atom. The minimum Gasteiger partial charge on any atom is -0.481 e. The molecular formula is C12H17FN2O2. The van der Waals surface area contributed by atoms with Gasteiger partial charge in [0.1, 0.15) is 5.82 Å². The van der Waals surface area contributed by atoms with E-state index in [0.717, 1.165) is 0 Å². The van der Waals surface area contributed by atoms with Crippen molar-refractivity contribution in [3.8, 4) is 0 Å². The molecule has 0 aliphatic rings. The molecule has 0 aliphatic heterocycles. The first kappa shape index (κ1) is 13.4. The molecule has 5 heteroatoms. The summed E-state index contributed by atoms with van der Waals surface area (Å²) in [6.07, 6.45) is 0.866. The molecule has 0 radical (unpaired) electrons. The maximum absolute atomic E-state index is 13.2. The fraction of sp³-hybridized carbons (Fsp3) is 0.417. The molecule has 5 N–H and O–H groups in total. The van der Waals surface area contributed by atoms with Crippen LogP contribution in [-0.4, -0.2) is 17.6 Å². The first-order valence-electron chi connectivity index (χ1n) is 5.41. The second-order valence-corrected chi connectivity index (χ2v) is 4.26. The minimum absolute atomic E-state index is 0.285. The van der Waals surface area contributed by atoms with Crippen LogP contribution in [0.2, 0.25) is 0 Å². The van der Waals surface area contributed by atoms with Crippen molar-refractivity contribution in [2.24, 2.45) is 5.73 Å². The molecule has 0 fully saturated rings. The Morgan fingerprint density at radius 1 is 1.53 bits per heavy atom. The normalized spacial score (nSPS) is 14.3. The van der Waals surface area contributed by atoms with E-state index in [1.165, 1.54) is 25.1 Å². The Morgan fingerprint density at radius 2 is 2.18 bits per heavy atom. The molecule has 0 amide bonds. The summed E-state index contributed by atoms with van der Waals surface area (Å²) in [6, 6.07) is 3.78. The number of benzene rings is 1. The topological polar surface area (TPSA) is 89.3 Å². The lowest BCUT2D eigenvalue weighted by atomic mass is 9.77. The molecule has 94 valence electrons. The lowest BCUT2D eigenvalue weighted by Gasteiger charge is -2.26. The third-order valence-corrected chi connectivity index (χ3v) is 2.96. The molecule has 1 atom stereocenters. The number of aliphatic carboxylic acids is 1. The van der Waals surface area contributed by atoms with Gasteiger partial charge in [-0.05, 0) is 50.1 Å². The van der Waals surface area contributed by atoms with Crippen LogP contribution in [0, 0.1) is 5.82 Å². The lowest BCUT2D eigenvalue weighted by Crippen LogP contribution is -2.34. The van der Waals surface area contributed by atoms with Crippen LogP contribution in [0.4, 0.5) is 10.1 Å². The Labute approximate surface area is 99.4 Å². The van der Waals surface area contributed by atoms with Crippen LogP contribution in [0.25, 0.3) is 0 Å². The van der Waals surface area contributed by atoms with Crippen molar-refractivity contribution < 1.29 is 14.3 Å². The van der Waals surface area contributed by atoms with Crippen molar-refractivity contribution in [3.05, 3.63) is 29.6 Å². The molecule has 0 aromatic heterocycles. The third kappa shape index (κ3) is 2.74. The first-order valence-corrected chi connectivity index (χ1v) is 5.41. The Bertz CT molecular complexity index is 423. The molecule has 17 heavy (non-hydrogen) atoms. The monoisotopic (exact) mass is 240 g/mol. The van der Waals surface area contributed by atoms with Gasteiger partial charge in [0.05, 0.1) is 5.41 Å². The molecule has 1 aromatic carbocycles. The number of nitrogens with two attached hydrogens (primary N) is 2. The molecule has 1 aromatic rings. The van der Waals surface area contributed by atoms with E-state index in [2.05, 4.69) is 0 Å². The van der Waals surface area contributed by atoms with E-state index in [1.54, 1.807) is 0 Å². The summed E-state index contributed by atoms with van der Waals surface area (Å²) < 4.78 is 13.2. The van der Waals surface area contributed by atoms with Crippen molar-refractivity contribution in [3.63, 3.8) is 0 Å². The van der Waals surface area contributed by atoms with Gasteiger partial charge in [-0.15, -0.1) is 0 Å². The molecule has 0 bridgehead atoms. The maximum Gasteiger partial charge on any atom is 0.313 e. The average Bonchev–Trinajstić information content (AvgIpc) is 2.29. The van der Waals surface area contributed by atoms with Gasteiger partial charge < -0.3 is 16.6 Å². The van der Waals surface area contributed by atoms with Gasteiger partial charge in [0.15, 0.2) is 0 Å². The maximum atomic E-state index is 13.2. The summed E-state index contributed by atoms with van der Waals surface area (Å²) in [5, 5.41) is 9.31. The molecule has 1 unspecified atom stereocenters. The van der Waals surface area contributed by atoms with Gasteiger partial charge in [0.25, 0.3) is 0 Å². The Hall–Kier alpha value is -1.62. The number of nitrogen functional groups attached to an aromatic ring is 1. The van der Waals surface area contributed by atoms with Crippen molar-refractivity contribution >= 4 is 11.7 Å². The molecular weight excluding hydrogens is 223 g/mol. The van der Waals surface area contributed by atoms with Crippen LogP contribution in [0.15, 0.2) is 18.2 Å². The van der Waals surface area contributed by atoms with Gasteiger partial charge in [-0.25, -0.2) is 4.39 Å². The largest absolute Gasteiger partial charge is 0.481 e. The second-order valence-electron chi connectivity index (χ2n) is 4.26. The van der Waals surface area contributed by atoms with Gasteiger partial charge in [-0.1, -0.05) is 0 Å². The summed E-state index contributed by atoms with van der Waals surface area (Å²) in [5.41, 5.74) is 10.5. The Kier molecular flexibility index (Phi) is 4.07. The molecule has 0 spiro atoms. The van der Waals surface area contributed by atoms with Crippen LogP contribution < -0.4 is 11.5 Å². The fourth-order valence-corrected chi connectivity index (χ4v) is 1.82. The fourth-order valence-electron chi connectivity index (χ4n) is 1.82. The number of halogens is 1. The number of anilines is 1. The van der Waals surface area contributed by atoms with Crippen molar-refractivity contribution in [2.45, 2.75) is 25.2 Å². The van der Waals surface area contributed by atoms with E-state index in [-0.39, 0.29) is 5.69 Å². The zero-order valence-electron chi connectivity index (χ0n) is 9.74. The lowest BCUT2D eigenvalue weighted by molar-refractivity contribution is -0.143. The molecule has 0 aliphatic carbocycles. The molecule has 4 nitrogen and oxygen atoms in total. The molecule has 0 saturated carbocycles. The first-order chi connectivity index (χ1) is 7.91. The Balaban J connectivity index is 3.21. The van der Waals surface area contributed by atoms with E-state index < -0.39 is 17.2 Å². The highest BCUT2D eigenvalue weighted by molar-refractivity contribution is 5.83. The smallest absolute Gasteiger partial charge is 0.313 e. The van der Waals surface area contributed by atoms with E-state index in [0.29, 0.717) is 24.9 Å². The summed E-state index contributed by atoms with van der Waals surface area (Å²) in [4.78, 5) is 11.4. The number of hydrogen-bond acceptors (Lipinski definition) is 3. The summed E-state index contributed by atoms with van der Waals surface area (Å²) >= 11 is 0. The van der Waals surface area contributed by atoms with E-state index in [1.807, 2.05) is 0 Å². The minimum atomic E-state index is -1.20. The number of hydrogen-bond donors (Lipinski definition) is 3. The number of carboxylic acids is 1. The van der Waals surface area contributed by atoms with Gasteiger partial charge in [0, 0.05) is 5.69 Å². The van der Waals surface area contributed by atoms with Crippen LogP contribution in [0.1, 0.15) is 25.3 Å². The predicted molar refractivity (Wildman–Crippen MR) is 64.1 cm³/mol. The van der Waals surface area contributed by atoms with Gasteiger partial charge in [-0.2, -0.15) is 0 Å². The standard InChI is InChI=1S/C12H17FN2O2/c1-12(11(16)17,5-2-6-14)9-7-8(13)3-4-10(9)15/h3-4,7H,2,5-6,14-15H2,1H3,(H,16,17). The molecule has 0 heterocycles. The number of rotatable bonds is 5. The number of carboxylic acid groups (broad SMARTS) is 1. The van der Waals surface area contributed by atoms with Crippen molar-refractivity contribution in [1.29, 1.82) is 0 Å². The van der Waals surface area contributed by atoms with Crippen molar-refractivity contribution in [2.75, 3.05) is 12.3 Å². The van der Waals surface area contributed by atoms with E-state index in [4.69, 9.17) is 11.5 Å². The van der Waals surface area contributed by atoms with Gasteiger partial charge >= 0.3 is 5.97 Å². The zero-order chi connectivity index (χ0) is 13.1. The van der Waals surface area contributed by atoms with Crippen LogP contribution >= 0.6 is 0 Å². The molecule has 0 saturated heterocycles. The predicted octanol–water partition coefficient (Wildman–Crippen LogP) is 1.49. The second kappa shape index (κ2) is 5.14. The summed E-state index contributed by atoms with van der Waals surface area (Å²) in [6.45, 7) is 1.92. The third-order valence-electron chi connectivity index (χ3n) is 2.96. The summed E-state index contributed by atoms with van der Waals surface area (Å²) in [5.74, 6) is -1.52. The molecule has 1 rings (SSSR count).